The summed E-state index contributed by atoms with van der Waals surface area (Å²) in [6.45, 7) is 3.43. The quantitative estimate of drug-likeness (QED) is 0.339. The highest BCUT2D eigenvalue weighted by Gasteiger charge is 2.35. The fourth-order valence-electron chi connectivity index (χ4n) is 2.19. The molecule has 0 saturated heterocycles. The second-order valence-electron chi connectivity index (χ2n) is 6.83. The molecule has 0 aliphatic heterocycles. The van der Waals surface area contributed by atoms with Crippen LogP contribution in [0.1, 0.15) is 13.8 Å². The van der Waals surface area contributed by atoms with Crippen LogP contribution >= 0.6 is 0 Å². The Kier molecular flexibility index (Phi) is 9.68. The van der Waals surface area contributed by atoms with Crippen molar-refractivity contribution in [3.63, 3.8) is 0 Å². The van der Waals surface area contributed by atoms with Crippen molar-refractivity contribution in [2.45, 2.75) is 31.9 Å². The summed E-state index contributed by atoms with van der Waals surface area (Å²) in [6.07, 6.45) is 0. The highest BCUT2D eigenvalue weighted by atomic mass is 32.3. The largest absolute Gasteiger partial charge is 0.438 e. The van der Waals surface area contributed by atoms with Gasteiger partial charge in [0.05, 0.1) is 24.4 Å². The van der Waals surface area contributed by atoms with E-state index in [1.165, 1.54) is 42.5 Å². The highest BCUT2D eigenvalue weighted by Crippen LogP contribution is 2.15. The number of methoxy groups -OCH3 is 1. The zero-order valence-electron chi connectivity index (χ0n) is 16.2. The Hall–Kier alpha value is -0.275. The number of rotatable bonds is 13. The highest BCUT2D eigenvalue weighted by molar-refractivity contribution is 8.05. The molecule has 0 aliphatic rings. The van der Waals surface area contributed by atoms with Gasteiger partial charge in [-0.2, -0.15) is 0 Å². The molecule has 0 aromatic heterocycles. The fraction of sp³-hybridized carbons (Fsp3) is 1.00. The summed E-state index contributed by atoms with van der Waals surface area (Å²) in [6, 6.07) is 0. The first-order chi connectivity index (χ1) is 11.6. The topological polar surface area (TPSA) is 134 Å². The second-order valence-corrected chi connectivity index (χ2v) is 11.3. The lowest BCUT2D eigenvalue weighted by Gasteiger charge is -2.30. The number of hydrogen-bond donors (Lipinski definition) is 2. The van der Waals surface area contributed by atoms with Crippen molar-refractivity contribution >= 4 is 27.5 Å². The summed E-state index contributed by atoms with van der Waals surface area (Å²) in [5, 5.41) is 19.0. The van der Waals surface area contributed by atoms with E-state index in [4.69, 9.17) is 9.39 Å². The van der Waals surface area contributed by atoms with E-state index in [2.05, 4.69) is 0 Å². The fourth-order valence-corrected chi connectivity index (χ4v) is 6.08. The third-order valence-corrected chi connectivity index (χ3v) is 7.93. The normalized spacial score (nSPS) is 17.9. The lowest BCUT2D eigenvalue weighted by molar-refractivity contribution is -0.0248. The molecule has 155 valence electrons. The maximum Gasteiger partial charge on any atom is 0.289 e. The SMILES string of the molecule is C[B]OCC(C)(O)CN(C)S(=O)(=O)CS(=O)(=O)N(C)CC(C)(O)COC. The van der Waals surface area contributed by atoms with Gasteiger partial charge in [-0.25, -0.2) is 25.4 Å². The molecular formula is C13H30BN2O8S2. The molecule has 0 rings (SSSR count). The molecule has 1 radical (unpaired) electrons. The van der Waals surface area contributed by atoms with Gasteiger partial charge in [0, 0.05) is 34.3 Å². The van der Waals surface area contributed by atoms with Crippen LogP contribution in [0.5, 0.6) is 0 Å². The molecule has 0 aliphatic carbocycles. The molecule has 0 bridgehead atoms. The molecule has 26 heavy (non-hydrogen) atoms. The van der Waals surface area contributed by atoms with Gasteiger partial charge in [-0.05, 0) is 13.8 Å². The van der Waals surface area contributed by atoms with E-state index in [-0.39, 0.29) is 26.3 Å². The van der Waals surface area contributed by atoms with Crippen molar-refractivity contribution in [2.75, 3.05) is 52.6 Å². The summed E-state index contributed by atoms with van der Waals surface area (Å²) in [5.74, 6) is 0. The Labute approximate surface area is 157 Å². The number of hydrogen-bond acceptors (Lipinski definition) is 8. The molecule has 10 nitrogen and oxygen atoms in total. The lowest BCUT2D eigenvalue weighted by Crippen LogP contribution is -2.49. The molecule has 13 heteroatoms. The summed E-state index contributed by atoms with van der Waals surface area (Å²) < 4.78 is 60.7. The van der Waals surface area contributed by atoms with Gasteiger partial charge in [-0.3, -0.25) is 0 Å². The number of nitrogens with zero attached hydrogens (tertiary/aromatic N) is 2. The predicted octanol–water partition coefficient (Wildman–Crippen LogP) is -1.70. The van der Waals surface area contributed by atoms with Crippen LogP contribution in [0.2, 0.25) is 6.82 Å². The Morgan fingerprint density at radius 3 is 1.65 bits per heavy atom. The van der Waals surface area contributed by atoms with Gasteiger partial charge < -0.3 is 19.6 Å². The number of ether oxygens (including phenoxy) is 1. The summed E-state index contributed by atoms with van der Waals surface area (Å²) in [7, 11) is -3.38. The average molecular weight is 417 g/mol. The zero-order valence-corrected chi connectivity index (χ0v) is 17.8. The Bertz CT molecular complexity index is 637. The lowest BCUT2D eigenvalue weighted by atomic mass is 10.1. The third kappa shape index (κ3) is 9.08. The van der Waals surface area contributed by atoms with Crippen LogP contribution < -0.4 is 0 Å². The molecule has 0 heterocycles. The average Bonchev–Trinajstić information content (AvgIpc) is 2.42. The van der Waals surface area contributed by atoms with E-state index in [0.717, 1.165) is 8.61 Å². The standard InChI is InChI=1S/C13H30BN2O8S2/c1-12(17,9-23-6)7-15(4)25(19,20)11-26(21,22)16(5)8-13(2,18)10-24-14-3/h17-18H,7-11H2,1-6H3. The van der Waals surface area contributed by atoms with Crippen LogP contribution in [0.15, 0.2) is 0 Å². The van der Waals surface area contributed by atoms with Crippen LogP contribution in [0, 0.1) is 0 Å². The van der Waals surface area contributed by atoms with Crippen LogP contribution in [0.4, 0.5) is 0 Å². The molecule has 2 N–H and O–H groups in total. The Balaban J connectivity index is 5.10. The number of aliphatic hydroxyl groups is 2. The van der Waals surface area contributed by atoms with Crippen LogP contribution in [0.3, 0.4) is 0 Å². The minimum absolute atomic E-state index is 0.114. The van der Waals surface area contributed by atoms with Crippen molar-refractivity contribution in [3.05, 3.63) is 0 Å². The van der Waals surface area contributed by atoms with Crippen molar-refractivity contribution in [2.24, 2.45) is 0 Å². The van der Waals surface area contributed by atoms with Gasteiger partial charge in [-0.1, -0.05) is 6.82 Å². The Morgan fingerprint density at radius 1 is 0.923 bits per heavy atom. The minimum atomic E-state index is -4.22. The van der Waals surface area contributed by atoms with Crippen LogP contribution in [0.25, 0.3) is 0 Å². The molecular weight excluding hydrogens is 387 g/mol. The minimum Gasteiger partial charge on any atom is -0.438 e. The number of sulfonamides is 2. The zero-order chi connectivity index (χ0) is 20.8. The van der Waals surface area contributed by atoms with E-state index >= 15 is 0 Å². The molecule has 0 aromatic carbocycles. The Morgan fingerprint density at radius 2 is 1.31 bits per heavy atom. The molecule has 0 saturated carbocycles. The van der Waals surface area contributed by atoms with Gasteiger partial charge in [-0.15, -0.1) is 0 Å². The molecule has 2 unspecified atom stereocenters. The molecule has 0 spiro atoms. The number of likely N-dealkylation sites (N-methyl/N-ethyl adjacent to an activating group) is 2. The molecule has 2 atom stereocenters. The van der Waals surface area contributed by atoms with Crippen molar-refractivity contribution in [3.8, 4) is 0 Å². The van der Waals surface area contributed by atoms with E-state index in [0.29, 0.717) is 0 Å². The summed E-state index contributed by atoms with van der Waals surface area (Å²) in [5.41, 5.74) is -2.96. The third-order valence-electron chi connectivity index (χ3n) is 3.39. The molecule has 0 aromatic rings. The van der Waals surface area contributed by atoms with Crippen molar-refractivity contribution in [1.82, 2.24) is 8.61 Å². The van der Waals surface area contributed by atoms with E-state index < -0.39 is 36.3 Å². The van der Waals surface area contributed by atoms with E-state index in [9.17, 15) is 27.0 Å². The molecule has 0 amide bonds. The van der Waals surface area contributed by atoms with Gasteiger partial charge in [0.15, 0.2) is 5.08 Å². The van der Waals surface area contributed by atoms with Crippen molar-refractivity contribution < 1.29 is 36.4 Å². The van der Waals surface area contributed by atoms with E-state index in [1.807, 2.05) is 0 Å². The van der Waals surface area contributed by atoms with E-state index in [1.54, 1.807) is 6.82 Å². The first-order valence-corrected chi connectivity index (χ1v) is 11.0. The van der Waals surface area contributed by atoms with Crippen LogP contribution in [-0.4, -0.2) is 107 Å². The summed E-state index contributed by atoms with van der Waals surface area (Å²) in [4.78, 5) is 0. The van der Waals surface area contributed by atoms with Crippen molar-refractivity contribution in [1.29, 1.82) is 0 Å². The van der Waals surface area contributed by atoms with Gasteiger partial charge in [0.25, 0.3) is 7.48 Å². The predicted molar refractivity (Wildman–Crippen MR) is 98.7 cm³/mol. The smallest absolute Gasteiger partial charge is 0.289 e. The van der Waals surface area contributed by atoms with Crippen LogP contribution in [-0.2, 0) is 29.4 Å². The second kappa shape index (κ2) is 9.78. The summed E-state index contributed by atoms with van der Waals surface area (Å²) >= 11 is 0. The molecule has 0 fully saturated rings. The van der Waals surface area contributed by atoms with Gasteiger partial charge >= 0.3 is 0 Å². The first kappa shape index (κ1) is 25.7. The van der Waals surface area contributed by atoms with Gasteiger partial charge in [0.1, 0.15) is 0 Å². The maximum atomic E-state index is 12.4. The first-order valence-electron chi connectivity index (χ1n) is 7.80. The monoisotopic (exact) mass is 417 g/mol. The maximum absolute atomic E-state index is 12.4. The van der Waals surface area contributed by atoms with Gasteiger partial charge in [0.2, 0.25) is 20.0 Å².